The standard InChI is InChI=1S/C24H31ClN5O2P.2C23H29ClN5O2P.C22H27ClN5O2P/c1-16(15-30(2)3)17-11-12-19(21(13-17)32-4)28-24-26-14-18(25)23(29-24)27-20-9-7-8-10-22(20)33(5,6)31;1-15(13-25-2)16-10-11-18(20(12-16)31-3)28-23-26-14-17(24)22(29-23)27-19-8-6-7-9-21(19)32(4,5)30;1-29(2)13-12-16-10-11-18(20(14-16)31-3)27-23-25-15-17(24)22(28-23)26-19-8-6-7-9-21(19)32(4,5)30;1-14(12-24)15-9-10-17(19(11-15)30-2)27-22-25-13-16(23)21(28-22)26-18-7-5-6-8-20(18)31(3,4)29/h7-14,16H,15H2,1-6H3,(H2,26,27,28,29);6-12,14-15,25H,13H2,1-5H3,(H2,26,27,28,29);6-11,14-15H,12-13H2,1-5H3,(H2,25,26,27,28);5-11,13-14H,12,24H2,1-4H3,(H2,25,26,27,28). The second-order valence-corrected chi connectivity index (χ2v) is 46.6. The molecule has 0 saturated carbocycles. The number of nitrogens with zero attached hydrogens (tertiary/aromatic N) is 10. The first-order valence-corrected chi connectivity index (χ1v) is 52.8. The van der Waals surface area contributed by atoms with Crippen LogP contribution >= 0.6 is 75.0 Å². The number of anilines is 16. The van der Waals surface area contributed by atoms with Gasteiger partial charge in [0.15, 0.2) is 23.3 Å². The van der Waals surface area contributed by atoms with Crippen molar-refractivity contribution in [1.29, 1.82) is 0 Å². The molecule has 3 atom stereocenters. The number of methoxy groups -OCH3 is 4. The number of ether oxygens (including phenoxy) is 4. The van der Waals surface area contributed by atoms with Crippen molar-refractivity contribution >= 4 is 189 Å². The highest BCUT2D eigenvalue weighted by Crippen LogP contribution is 2.44. The number of hydrogen-bond donors (Lipinski definition) is 10. The number of nitrogens with two attached hydrogens (primary N) is 1. The predicted octanol–water partition coefficient (Wildman–Crippen LogP) is 20.6. The van der Waals surface area contributed by atoms with Crippen LogP contribution in [0.1, 0.15) is 60.8 Å². The molecule has 12 rings (SSSR count). The highest BCUT2D eigenvalue weighted by molar-refractivity contribution is 7.71. The van der Waals surface area contributed by atoms with E-state index in [9.17, 15) is 18.3 Å². The molecule has 680 valence electrons. The van der Waals surface area contributed by atoms with E-state index in [2.05, 4.69) is 165 Å². The van der Waals surface area contributed by atoms with E-state index in [1.165, 1.54) is 41.5 Å². The quantitative estimate of drug-likeness (QED) is 0.0165. The van der Waals surface area contributed by atoms with Crippen LogP contribution in [0.3, 0.4) is 0 Å². The Balaban J connectivity index is 0.000000193. The minimum absolute atomic E-state index is 0.221. The molecule has 0 radical (unpaired) electrons. The lowest BCUT2D eigenvalue weighted by Crippen LogP contribution is -2.18. The third-order valence-electron chi connectivity index (χ3n) is 19.9. The molecule has 4 aromatic heterocycles. The van der Waals surface area contributed by atoms with Crippen LogP contribution in [0, 0.1) is 0 Å². The average Bonchev–Trinajstić information content (AvgIpc) is 0.818. The molecule has 128 heavy (non-hydrogen) atoms. The first-order chi connectivity index (χ1) is 60.7. The third kappa shape index (κ3) is 29.3. The first-order valence-electron chi connectivity index (χ1n) is 40.9. The van der Waals surface area contributed by atoms with Gasteiger partial charge in [-0.1, -0.05) is 140 Å². The molecule has 0 spiro atoms. The summed E-state index contributed by atoms with van der Waals surface area (Å²) >= 11 is 25.4. The summed E-state index contributed by atoms with van der Waals surface area (Å²) in [6.07, 6.45) is 7.01. The van der Waals surface area contributed by atoms with E-state index in [4.69, 9.17) is 71.1 Å². The van der Waals surface area contributed by atoms with Gasteiger partial charge in [0.2, 0.25) is 23.8 Å². The molecule has 8 aromatic carbocycles. The molecule has 0 saturated heterocycles. The number of likely N-dealkylation sites (N-methyl/N-ethyl adjacent to an activating group) is 3. The maximum atomic E-state index is 12.7. The molecular formula is C92H116Cl4N20O8P4. The number of nitrogens with one attached hydrogen (secondary N) is 9. The van der Waals surface area contributed by atoms with Crippen molar-refractivity contribution in [3.63, 3.8) is 0 Å². The molecule has 11 N–H and O–H groups in total. The topological polar surface area (TPSA) is 349 Å². The van der Waals surface area contributed by atoms with Gasteiger partial charge in [0.05, 0.1) is 98.7 Å². The van der Waals surface area contributed by atoms with Crippen LogP contribution in [-0.2, 0) is 24.7 Å². The Morgan fingerprint density at radius 3 is 0.898 bits per heavy atom. The normalized spacial score (nSPS) is 12.1. The minimum atomic E-state index is -2.49. The highest BCUT2D eigenvalue weighted by atomic mass is 35.5. The van der Waals surface area contributed by atoms with Gasteiger partial charge in [-0.05, 0) is 239 Å². The fourth-order valence-corrected chi connectivity index (χ4v) is 18.3. The summed E-state index contributed by atoms with van der Waals surface area (Å²) in [5.41, 5.74) is 16.2. The molecule has 0 aliphatic heterocycles. The van der Waals surface area contributed by atoms with Gasteiger partial charge in [-0.2, -0.15) is 19.9 Å². The van der Waals surface area contributed by atoms with Gasteiger partial charge in [0, 0.05) is 40.9 Å². The lowest BCUT2D eigenvalue weighted by Gasteiger charge is -2.19. The van der Waals surface area contributed by atoms with Crippen molar-refractivity contribution in [2.24, 2.45) is 5.73 Å². The molecule has 3 unspecified atom stereocenters. The van der Waals surface area contributed by atoms with Crippen molar-refractivity contribution < 1.29 is 37.2 Å². The number of rotatable bonds is 35. The summed E-state index contributed by atoms with van der Waals surface area (Å²) in [5, 5.41) is 33.2. The summed E-state index contributed by atoms with van der Waals surface area (Å²) < 4.78 is 73.0. The SMILES string of the molecule is CNCC(C)c1ccc(Nc2ncc(Cl)c(Nc3ccccc3P(C)(C)=O)n2)c(OC)c1.COc1cc(C(C)CN(C)C)ccc1Nc1ncc(Cl)c(Nc2ccccc2P(C)(C)=O)n1.COc1cc(C(C)CN)ccc1Nc1ncc(Cl)c(Nc2ccccc2P(C)(C)=O)n1.COc1cc(CCN(C)C)ccc1Nc1ncc(Cl)c(Nc2ccccc2P(C)(C)=O)n1. The van der Waals surface area contributed by atoms with Crippen molar-refractivity contribution in [3.05, 3.63) is 237 Å². The van der Waals surface area contributed by atoms with Crippen molar-refractivity contribution in [2.45, 2.75) is 44.9 Å². The molecule has 0 amide bonds. The van der Waals surface area contributed by atoms with Gasteiger partial charge >= 0.3 is 0 Å². The summed E-state index contributed by atoms with van der Waals surface area (Å²) in [7, 11) is 6.72. The first kappa shape index (κ1) is 101. The van der Waals surface area contributed by atoms with Gasteiger partial charge in [0.1, 0.15) is 71.7 Å². The maximum absolute atomic E-state index is 12.7. The van der Waals surface area contributed by atoms with E-state index < -0.39 is 28.6 Å². The van der Waals surface area contributed by atoms with Crippen LogP contribution in [-0.4, -0.2) is 193 Å². The highest BCUT2D eigenvalue weighted by Gasteiger charge is 2.25. The van der Waals surface area contributed by atoms with Crippen molar-refractivity contribution in [2.75, 3.05) is 186 Å². The van der Waals surface area contributed by atoms with E-state index in [1.807, 2.05) is 159 Å². The number of hydrogen-bond acceptors (Lipinski definition) is 28. The Morgan fingerprint density at radius 2 is 0.633 bits per heavy atom. The summed E-state index contributed by atoms with van der Waals surface area (Å²) in [5.74, 6) is 6.80. The van der Waals surface area contributed by atoms with Crippen molar-refractivity contribution in [3.8, 4) is 23.0 Å². The summed E-state index contributed by atoms with van der Waals surface area (Å²) in [4.78, 5) is 39.6. The molecule has 0 bridgehead atoms. The minimum Gasteiger partial charge on any atom is -0.495 e. The molecule has 12 aromatic rings. The Hall–Kier alpha value is -10.4. The summed E-state index contributed by atoms with van der Waals surface area (Å²) in [6, 6.07) is 53.7. The number of para-hydroxylation sites is 4. The molecule has 28 nitrogen and oxygen atoms in total. The zero-order chi connectivity index (χ0) is 93.4. The van der Waals surface area contributed by atoms with Crippen molar-refractivity contribution in [1.82, 2.24) is 55.0 Å². The molecule has 0 aliphatic carbocycles. The van der Waals surface area contributed by atoms with Crippen LogP contribution in [0.5, 0.6) is 23.0 Å². The van der Waals surface area contributed by atoms with E-state index >= 15 is 0 Å². The Bertz CT molecular complexity index is 5980. The second kappa shape index (κ2) is 46.7. The third-order valence-corrected chi connectivity index (χ3v) is 27.2. The van der Waals surface area contributed by atoms with E-state index in [-0.39, 0.29) is 5.92 Å². The predicted molar refractivity (Wildman–Crippen MR) is 538 cm³/mol. The molecule has 0 fully saturated rings. The van der Waals surface area contributed by atoms with Gasteiger partial charge in [-0.25, -0.2) is 19.9 Å². The summed E-state index contributed by atoms with van der Waals surface area (Å²) in [6.45, 7) is 23.6. The van der Waals surface area contributed by atoms with Gasteiger partial charge < -0.3 is 101 Å². The Labute approximate surface area is 772 Å². The van der Waals surface area contributed by atoms with E-state index in [0.29, 0.717) is 131 Å². The molecular weight excluding hydrogens is 1780 g/mol. The van der Waals surface area contributed by atoms with Crippen LogP contribution in [0.2, 0.25) is 20.1 Å². The maximum Gasteiger partial charge on any atom is 0.229 e. The fourth-order valence-electron chi connectivity index (χ4n) is 13.2. The zero-order valence-corrected chi connectivity index (χ0v) is 82.5. The number of benzene rings is 8. The smallest absolute Gasteiger partial charge is 0.229 e. The monoisotopic (exact) mass is 1890 g/mol. The lowest BCUT2D eigenvalue weighted by molar-refractivity contribution is 0.381. The Morgan fingerprint density at radius 1 is 0.359 bits per heavy atom. The van der Waals surface area contributed by atoms with Gasteiger partial charge in [-0.15, -0.1) is 0 Å². The van der Waals surface area contributed by atoms with Gasteiger partial charge in [0.25, 0.3) is 0 Å². The Kier molecular flexibility index (Phi) is 37.0. The number of aromatic nitrogens is 8. The van der Waals surface area contributed by atoms with Crippen LogP contribution < -0.4 is 93.8 Å². The van der Waals surface area contributed by atoms with Crippen LogP contribution in [0.25, 0.3) is 0 Å². The molecule has 4 heterocycles. The van der Waals surface area contributed by atoms with Gasteiger partial charge in [-0.3, -0.25) is 0 Å². The second-order valence-electron chi connectivity index (χ2n) is 32.3. The van der Waals surface area contributed by atoms with Crippen LogP contribution in [0.15, 0.2) is 195 Å². The number of halogens is 4. The molecule has 36 heteroatoms. The largest absolute Gasteiger partial charge is 0.495 e. The van der Waals surface area contributed by atoms with Crippen LogP contribution in [0.4, 0.5) is 92.6 Å². The average molecular weight is 1900 g/mol. The lowest BCUT2D eigenvalue weighted by atomic mass is 10.00. The zero-order valence-electron chi connectivity index (χ0n) is 75.9. The fraction of sp³-hybridized carbons (Fsp3) is 0.304. The molecule has 0 aliphatic rings. The van der Waals surface area contributed by atoms with E-state index in [1.54, 1.807) is 81.8 Å². The van der Waals surface area contributed by atoms with E-state index in [0.717, 1.165) is 75.6 Å².